The molecule has 29 heavy (non-hydrogen) atoms. The zero-order chi connectivity index (χ0) is 19.8. The van der Waals surface area contributed by atoms with Crippen LogP contribution >= 0.6 is 11.6 Å². The number of imidazole rings is 1. The van der Waals surface area contributed by atoms with E-state index in [0.29, 0.717) is 22.9 Å². The van der Waals surface area contributed by atoms with Gasteiger partial charge in [-0.25, -0.2) is 15.0 Å². The van der Waals surface area contributed by atoms with Crippen LogP contribution in [0.5, 0.6) is 5.75 Å². The molecule has 0 fully saturated rings. The van der Waals surface area contributed by atoms with Gasteiger partial charge in [-0.1, -0.05) is 35.9 Å². The maximum atomic E-state index is 6.25. The van der Waals surface area contributed by atoms with Crippen molar-refractivity contribution in [2.45, 2.75) is 6.92 Å². The topological polar surface area (TPSA) is 52.8 Å². The fourth-order valence-electron chi connectivity index (χ4n) is 3.38. The molecule has 0 spiro atoms. The highest BCUT2D eigenvalue weighted by Gasteiger charge is 2.18. The summed E-state index contributed by atoms with van der Waals surface area (Å²) in [6, 6.07) is 23.3. The maximum absolute atomic E-state index is 6.25. The summed E-state index contributed by atoms with van der Waals surface area (Å²) in [5.74, 6) is 1.56. The highest BCUT2D eigenvalue weighted by atomic mass is 35.5. The molecule has 3 aromatic carbocycles. The van der Waals surface area contributed by atoms with Gasteiger partial charge in [0.2, 0.25) is 0 Å². The van der Waals surface area contributed by atoms with Crippen LogP contribution in [-0.4, -0.2) is 26.1 Å². The van der Waals surface area contributed by atoms with Crippen molar-refractivity contribution in [2.75, 3.05) is 6.61 Å². The lowest BCUT2D eigenvalue weighted by atomic mass is 10.2. The molecule has 0 aliphatic rings. The number of fused-ring (bicyclic) bond motifs is 2. The summed E-state index contributed by atoms with van der Waals surface area (Å²) < 4.78 is 7.59. The van der Waals surface area contributed by atoms with E-state index in [1.807, 2.05) is 84.3 Å². The second-order valence-electron chi connectivity index (χ2n) is 6.57. The summed E-state index contributed by atoms with van der Waals surface area (Å²) in [5, 5.41) is 0.652. The van der Waals surface area contributed by atoms with E-state index in [9.17, 15) is 0 Å². The van der Waals surface area contributed by atoms with Crippen LogP contribution in [0.25, 0.3) is 39.4 Å². The molecule has 0 aliphatic heterocycles. The van der Waals surface area contributed by atoms with Gasteiger partial charge in [-0.05, 0) is 55.5 Å². The first kappa shape index (κ1) is 17.6. The Kier molecular flexibility index (Phi) is 4.37. The van der Waals surface area contributed by atoms with Crippen LogP contribution in [0, 0.1) is 0 Å². The van der Waals surface area contributed by atoms with Crippen molar-refractivity contribution in [2.24, 2.45) is 0 Å². The van der Waals surface area contributed by atoms with Gasteiger partial charge in [-0.15, -0.1) is 0 Å². The predicted molar refractivity (Wildman–Crippen MR) is 116 cm³/mol. The molecule has 0 bridgehead atoms. The molecule has 0 aliphatic carbocycles. The second-order valence-corrected chi connectivity index (χ2v) is 7.00. The third-order valence-electron chi connectivity index (χ3n) is 4.66. The fourth-order valence-corrected chi connectivity index (χ4v) is 3.57. The minimum absolute atomic E-state index is 0.590. The Hall–Kier alpha value is -3.44. The smallest absolute Gasteiger partial charge is 0.199 e. The number of para-hydroxylation sites is 2. The van der Waals surface area contributed by atoms with E-state index in [0.717, 1.165) is 33.9 Å². The van der Waals surface area contributed by atoms with Gasteiger partial charge in [-0.3, -0.25) is 4.57 Å². The minimum atomic E-state index is 0.590. The first-order valence-electron chi connectivity index (χ1n) is 9.37. The van der Waals surface area contributed by atoms with Gasteiger partial charge in [0.1, 0.15) is 11.6 Å². The van der Waals surface area contributed by atoms with Gasteiger partial charge in [0.05, 0.1) is 17.6 Å². The SMILES string of the molecule is CCOc1ccc(-n2c(-c3cccc(Cl)c3)nc3nc4ccccc4nc32)cc1. The molecule has 5 aromatic rings. The number of hydrogen-bond donors (Lipinski definition) is 0. The lowest BCUT2D eigenvalue weighted by Crippen LogP contribution is -2.00. The molecule has 0 saturated carbocycles. The van der Waals surface area contributed by atoms with Crippen molar-refractivity contribution in [1.82, 2.24) is 19.5 Å². The monoisotopic (exact) mass is 400 g/mol. The largest absolute Gasteiger partial charge is 0.494 e. The maximum Gasteiger partial charge on any atom is 0.199 e. The summed E-state index contributed by atoms with van der Waals surface area (Å²) in [6.07, 6.45) is 0. The van der Waals surface area contributed by atoms with Gasteiger partial charge in [-0.2, -0.15) is 0 Å². The van der Waals surface area contributed by atoms with Crippen molar-refractivity contribution in [3.63, 3.8) is 0 Å². The van der Waals surface area contributed by atoms with Gasteiger partial charge in [0.15, 0.2) is 11.3 Å². The number of ether oxygens (including phenoxy) is 1. The third kappa shape index (κ3) is 3.19. The van der Waals surface area contributed by atoms with Crippen molar-refractivity contribution >= 4 is 33.9 Å². The van der Waals surface area contributed by atoms with E-state index >= 15 is 0 Å². The number of nitrogens with zero attached hydrogens (tertiary/aromatic N) is 4. The van der Waals surface area contributed by atoms with Crippen molar-refractivity contribution in [1.29, 1.82) is 0 Å². The van der Waals surface area contributed by atoms with Crippen LogP contribution in [0.2, 0.25) is 5.02 Å². The zero-order valence-corrected chi connectivity index (χ0v) is 16.5. The summed E-state index contributed by atoms with van der Waals surface area (Å²) >= 11 is 6.25. The van der Waals surface area contributed by atoms with E-state index in [-0.39, 0.29) is 0 Å². The number of halogens is 1. The minimum Gasteiger partial charge on any atom is -0.494 e. The summed E-state index contributed by atoms with van der Waals surface area (Å²) in [6.45, 7) is 2.59. The van der Waals surface area contributed by atoms with Crippen molar-refractivity contribution < 1.29 is 4.74 Å². The quantitative estimate of drug-likeness (QED) is 0.389. The van der Waals surface area contributed by atoms with Crippen LogP contribution in [0.4, 0.5) is 0 Å². The molecule has 0 radical (unpaired) electrons. The summed E-state index contributed by atoms with van der Waals surface area (Å²) in [5.41, 5.74) is 4.75. The summed E-state index contributed by atoms with van der Waals surface area (Å²) in [4.78, 5) is 14.4. The lowest BCUT2D eigenvalue weighted by Gasteiger charge is -2.10. The number of hydrogen-bond acceptors (Lipinski definition) is 4. The molecule has 0 atom stereocenters. The van der Waals surface area contributed by atoms with E-state index in [2.05, 4.69) is 0 Å². The standard InChI is InChI=1S/C23H17ClN4O/c1-2-29-18-12-10-17(11-13-18)28-22(15-6-5-7-16(24)14-15)27-21-23(28)26-20-9-4-3-8-19(20)25-21/h3-14H,2H2,1H3. The molecule has 0 amide bonds. The lowest BCUT2D eigenvalue weighted by molar-refractivity contribution is 0.340. The Morgan fingerprint density at radius 3 is 2.34 bits per heavy atom. The summed E-state index contributed by atoms with van der Waals surface area (Å²) in [7, 11) is 0. The van der Waals surface area contributed by atoms with E-state index in [1.165, 1.54) is 0 Å². The number of benzene rings is 3. The molecule has 5 nitrogen and oxygen atoms in total. The zero-order valence-electron chi connectivity index (χ0n) is 15.7. The first-order chi connectivity index (χ1) is 14.2. The molecule has 0 N–H and O–H groups in total. The van der Waals surface area contributed by atoms with Gasteiger partial charge >= 0.3 is 0 Å². The van der Waals surface area contributed by atoms with Crippen LogP contribution < -0.4 is 4.74 Å². The molecule has 0 saturated heterocycles. The highest BCUT2D eigenvalue weighted by molar-refractivity contribution is 6.30. The molecular weight excluding hydrogens is 384 g/mol. The Morgan fingerprint density at radius 2 is 1.62 bits per heavy atom. The van der Waals surface area contributed by atoms with Crippen LogP contribution in [-0.2, 0) is 0 Å². The van der Waals surface area contributed by atoms with Crippen molar-refractivity contribution in [3.05, 3.63) is 77.8 Å². The van der Waals surface area contributed by atoms with Crippen LogP contribution in [0.15, 0.2) is 72.8 Å². The van der Waals surface area contributed by atoms with Crippen LogP contribution in [0.1, 0.15) is 6.92 Å². The Labute approximate surface area is 172 Å². The molecule has 142 valence electrons. The Bertz CT molecular complexity index is 1330. The van der Waals surface area contributed by atoms with Gasteiger partial charge < -0.3 is 4.74 Å². The molecule has 0 unspecified atom stereocenters. The fraction of sp³-hybridized carbons (Fsp3) is 0.0870. The molecular formula is C23H17ClN4O. The normalized spacial score (nSPS) is 11.2. The molecule has 2 aromatic heterocycles. The Balaban J connectivity index is 1.80. The molecule has 5 rings (SSSR count). The van der Waals surface area contributed by atoms with E-state index < -0.39 is 0 Å². The first-order valence-corrected chi connectivity index (χ1v) is 9.75. The molecule has 2 heterocycles. The highest BCUT2D eigenvalue weighted by Crippen LogP contribution is 2.30. The van der Waals surface area contributed by atoms with E-state index in [4.69, 9.17) is 31.3 Å². The average Bonchev–Trinajstić information content (AvgIpc) is 3.11. The number of aromatic nitrogens is 4. The number of rotatable bonds is 4. The van der Waals surface area contributed by atoms with Gasteiger partial charge in [0, 0.05) is 16.3 Å². The van der Waals surface area contributed by atoms with E-state index in [1.54, 1.807) is 0 Å². The predicted octanol–water partition coefficient (Wildman–Crippen LogP) is 5.69. The molecule has 6 heteroatoms. The van der Waals surface area contributed by atoms with Crippen molar-refractivity contribution in [3.8, 4) is 22.8 Å². The third-order valence-corrected chi connectivity index (χ3v) is 4.89. The van der Waals surface area contributed by atoms with Gasteiger partial charge in [0.25, 0.3) is 0 Å². The average molecular weight is 401 g/mol. The second kappa shape index (κ2) is 7.18. The van der Waals surface area contributed by atoms with Crippen LogP contribution in [0.3, 0.4) is 0 Å². The Morgan fingerprint density at radius 1 is 0.862 bits per heavy atom.